The first-order chi connectivity index (χ1) is 10.7. The van der Waals surface area contributed by atoms with E-state index < -0.39 is 6.10 Å². The van der Waals surface area contributed by atoms with Gasteiger partial charge in [0.15, 0.2) is 6.10 Å². The minimum absolute atomic E-state index is 0.0657. The van der Waals surface area contributed by atoms with Crippen molar-refractivity contribution in [2.75, 3.05) is 47.0 Å². The molecule has 1 amide bonds. The second-order valence-corrected chi connectivity index (χ2v) is 5.72. The van der Waals surface area contributed by atoms with Gasteiger partial charge >= 0.3 is 0 Å². The van der Waals surface area contributed by atoms with E-state index in [0.29, 0.717) is 12.5 Å². The lowest BCUT2D eigenvalue weighted by molar-refractivity contribution is -0.131. The Morgan fingerprint density at radius 3 is 2.82 bits per heavy atom. The number of nitrogens with zero attached hydrogens (tertiary/aromatic N) is 1. The van der Waals surface area contributed by atoms with Crippen LogP contribution in [-0.2, 0) is 14.3 Å². The summed E-state index contributed by atoms with van der Waals surface area (Å²) in [7, 11) is 3.29. The summed E-state index contributed by atoms with van der Waals surface area (Å²) in [5.41, 5.74) is 0.885. The zero-order chi connectivity index (χ0) is 15.8. The highest BCUT2D eigenvalue weighted by Gasteiger charge is 2.25. The highest BCUT2D eigenvalue weighted by molar-refractivity contribution is 5.82. The van der Waals surface area contributed by atoms with E-state index in [9.17, 15) is 4.79 Å². The van der Waals surface area contributed by atoms with E-state index in [-0.39, 0.29) is 5.91 Å². The van der Waals surface area contributed by atoms with Gasteiger partial charge < -0.3 is 19.7 Å². The predicted molar refractivity (Wildman–Crippen MR) is 85.6 cm³/mol. The number of nitrogens with one attached hydrogen (secondary N) is 1. The lowest BCUT2D eigenvalue weighted by Gasteiger charge is -2.18. The summed E-state index contributed by atoms with van der Waals surface area (Å²) in [5, 5.41) is 3.03. The van der Waals surface area contributed by atoms with Gasteiger partial charge in [0.2, 0.25) is 0 Å². The fraction of sp³-hybridized carbons (Fsp3) is 0.588. The van der Waals surface area contributed by atoms with Crippen LogP contribution in [0.4, 0.5) is 0 Å². The van der Waals surface area contributed by atoms with Crippen LogP contribution in [0.5, 0.6) is 0 Å². The smallest absolute Gasteiger partial charge is 0.253 e. The Morgan fingerprint density at radius 2 is 2.14 bits per heavy atom. The molecule has 2 rings (SSSR count). The average Bonchev–Trinajstić information content (AvgIpc) is 3.00. The summed E-state index contributed by atoms with van der Waals surface area (Å²) in [5.74, 6) is 0.443. The van der Waals surface area contributed by atoms with Crippen molar-refractivity contribution in [1.29, 1.82) is 0 Å². The standard InChI is InChI=1S/C17H26N2O3/c1-21-11-10-19-9-8-14(13-19)12-18-17(20)16(22-2)15-6-4-3-5-7-15/h3-7,14,16H,8-13H2,1-2H3,(H,18,20)/t14-,16+/m1/s1. The molecule has 0 bridgehead atoms. The molecule has 0 spiro atoms. The summed E-state index contributed by atoms with van der Waals surface area (Å²) in [6.45, 7) is 4.53. The van der Waals surface area contributed by atoms with Gasteiger partial charge in [-0.3, -0.25) is 4.79 Å². The molecule has 1 fully saturated rings. The Bertz CT molecular complexity index is 452. The third kappa shape index (κ3) is 4.80. The molecule has 2 atom stereocenters. The molecular weight excluding hydrogens is 280 g/mol. The summed E-state index contributed by atoms with van der Waals surface area (Å²) in [4.78, 5) is 14.7. The molecule has 1 aromatic rings. The second kappa shape index (κ2) is 8.88. The first-order valence-corrected chi connectivity index (χ1v) is 7.81. The molecular formula is C17H26N2O3. The predicted octanol–water partition coefficient (Wildman–Crippen LogP) is 1.46. The number of hydrogen-bond donors (Lipinski definition) is 1. The van der Waals surface area contributed by atoms with E-state index in [1.165, 1.54) is 0 Å². The Hall–Kier alpha value is -1.43. The highest BCUT2D eigenvalue weighted by Crippen LogP contribution is 2.18. The number of methoxy groups -OCH3 is 2. The number of amides is 1. The van der Waals surface area contributed by atoms with Crippen LogP contribution in [0.2, 0.25) is 0 Å². The first kappa shape index (κ1) is 16.9. The summed E-state index contributed by atoms with van der Waals surface area (Å²) < 4.78 is 10.5. The number of benzene rings is 1. The molecule has 1 saturated heterocycles. The number of ether oxygens (including phenoxy) is 2. The second-order valence-electron chi connectivity index (χ2n) is 5.72. The van der Waals surface area contributed by atoms with Gasteiger partial charge in [-0.05, 0) is 24.4 Å². The van der Waals surface area contributed by atoms with Crippen molar-refractivity contribution >= 4 is 5.91 Å². The van der Waals surface area contributed by atoms with E-state index in [0.717, 1.165) is 38.2 Å². The lowest BCUT2D eigenvalue weighted by atomic mass is 10.1. The minimum Gasteiger partial charge on any atom is -0.383 e. The molecule has 22 heavy (non-hydrogen) atoms. The molecule has 0 aliphatic carbocycles. The SMILES string of the molecule is COCCN1CC[C@H](CNC(=O)[C@@H](OC)c2ccccc2)C1. The topological polar surface area (TPSA) is 50.8 Å². The van der Waals surface area contributed by atoms with Gasteiger partial charge in [0.05, 0.1) is 6.61 Å². The molecule has 5 heteroatoms. The van der Waals surface area contributed by atoms with Crippen LogP contribution < -0.4 is 5.32 Å². The van der Waals surface area contributed by atoms with Crippen molar-refractivity contribution in [2.45, 2.75) is 12.5 Å². The van der Waals surface area contributed by atoms with E-state index >= 15 is 0 Å². The molecule has 1 N–H and O–H groups in total. The average molecular weight is 306 g/mol. The van der Waals surface area contributed by atoms with Crippen molar-refractivity contribution in [3.05, 3.63) is 35.9 Å². The van der Waals surface area contributed by atoms with Gasteiger partial charge in [0, 0.05) is 33.9 Å². The van der Waals surface area contributed by atoms with Crippen molar-refractivity contribution < 1.29 is 14.3 Å². The Balaban J connectivity index is 1.77. The van der Waals surface area contributed by atoms with Crippen molar-refractivity contribution in [2.24, 2.45) is 5.92 Å². The molecule has 5 nitrogen and oxygen atoms in total. The third-order valence-corrected chi connectivity index (χ3v) is 4.12. The first-order valence-electron chi connectivity index (χ1n) is 7.81. The molecule has 1 aliphatic rings. The Kier molecular flexibility index (Phi) is 6.83. The van der Waals surface area contributed by atoms with Crippen LogP contribution in [0.1, 0.15) is 18.1 Å². The van der Waals surface area contributed by atoms with Gasteiger partial charge in [0.1, 0.15) is 0 Å². The van der Waals surface area contributed by atoms with Crippen LogP contribution in [0, 0.1) is 5.92 Å². The molecule has 0 unspecified atom stereocenters. The van der Waals surface area contributed by atoms with Gasteiger partial charge in [-0.2, -0.15) is 0 Å². The van der Waals surface area contributed by atoms with E-state index in [1.54, 1.807) is 14.2 Å². The Morgan fingerprint density at radius 1 is 1.36 bits per heavy atom. The fourth-order valence-corrected chi connectivity index (χ4v) is 2.86. The number of rotatable bonds is 8. The molecule has 1 aliphatic heterocycles. The number of carbonyl (C=O) groups is 1. The number of carbonyl (C=O) groups excluding carboxylic acids is 1. The molecule has 0 radical (unpaired) electrons. The van der Waals surface area contributed by atoms with E-state index in [1.807, 2.05) is 30.3 Å². The minimum atomic E-state index is -0.535. The van der Waals surface area contributed by atoms with Gasteiger partial charge in [-0.25, -0.2) is 0 Å². The van der Waals surface area contributed by atoms with Crippen molar-refractivity contribution in [1.82, 2.24) is 10.2 Å². The quantitative estimate of drug-likeness (QED) is 0.790. The maximum absolute atomic E-state index is 12.3. The molecule has 0 saturated carbocycles. The summed E-state index contributed by atoms with van der Waals surface area (Å²) in [6.07, 6.45) is 0.583. The zero-order valence-electron chi connectivity index (χ0n) is 13.5. The molecule has 1 aromatic carbocycles. The maximum atomic E-state index is 12.3. The van der Waals surface area contributed by atoms with Crippen LogP contribution >= 0.6 is 0 Å². The number of likely N-dealkylation sites (tertiary alicyclic amines) is 1. The third-order valence-electron chi connectivity index (χ3n) is 4.12. The van der Waals surface area contributed by atoms with Crippen LogP contribution in [0.15, 0.2) is 30.3 Å². The van der Waals surface area contributed by atoms with E-state index in [4.69, 9.17) is 9.47 Å². The zero-order valence-corrected chi connectivity index (χ0v) is 13.5. The van der Waals surface area contributed by atoms with Crippen molar-refractivity contribution in [3.8, 4) is 0 Å². The monoisotopic (exact) mass is 306 g/mol. The van der Waals surface area contributed by atoms with Crippen LogP contribution in [-0.4, -0.2) is 57.8 Å². The van der Waals surface area contributed by atoms with Crippen LogP contribution in [0.3, 0.4) is 0 Å². The fourth-order valence-electron chi connectivity index (χ4n) is 2.86. The van der Waals surface area contributed by atoms with E-state index in [2.05, 4.69) is 10.2 Å². The highest BCUT2D eigenvalue weighted by atomic mass is 16.5. The number of hydrogen-bond acceptors (Lipinski definition) is 4. The Labute approximate surface area is 132 Å². The molecule has 122 valence electrons. The maximum Gasteiger partial charge on any atom is 0.253 e. The molecule has 1 heterocycles. The largest absolute Gasteiger partial charge is 0.383 e. The van der Waals surface area contributed by atoms with Gasteiger partial charge in [-0.15, -0.1) is 0 Å². The normalized spacial score (nSPS) is 20.0. The van der Waals surface area contributed by atoms with Gasteiger partial charge in [-0.1, -0.05) is 30.3 Å². The van der Waals surface area contributed by atoms with Crippen LogP contribution in [0.25, 0.3) is 0 Å². The summed E-state index contributed by atoms with van der Waals surface area (Å²) >= 11 is 0. The van der Waals surface area contributed by atoms with Crippen molar-refractivity contribution in [3.63, 3.8) is 0 Å². The molecule has 0 aromatic heterocycles. The van der Waals surface area contributed by atoms with Gasteiger partial charge in [0.25, 0.3) is 5.91 Å². The summed E-state index contributed by atoms with van der Waals surface area (Å²) in [6, 6.07) is 9.59. The lowest BCUT2D eigenvalue weighted by Crippen LogP contribution is -2.35.